The molecule has 32 heavy (non-hydrogen) atoms. The number of amides is 3. The van der Waals surface area contributed by atoms with Crippen molar-refractivity contribution in [1.82, 2.24) is 20.4 Å². The van der Waals surface area contributed by atoms with E-state index in [0.29, 0.717) is 31.8 Å². The Morgan fingerprint density at radius 2 is 1.69 bits per heavy atom. The van der Waals surface area contributed by atoms with Crippen molar-refractivity contribution in [3.8, 4) is 0 Å². The first-order valence-corrected chi connectivity index (χ1v) is 11.7. The van der Waals surface area contributed by atoms with E-state index in [0.717, 1.165) is 63.8 Å². The predicted molar refractivity (Wildman–Crippen MR) is 122 cm³/mol. The molecule has 2 aliphatic rings. The number of piperidine rings is 1. The molecule has 2 saturated heterocycles. The van der Waals surface area contributed by atoms with Crippen molar-refractivity contribution in [2.45, 2.75) is 38.6 Å². The van der Waals surface area contributed by atoms with Crippen molar-refractivity contribution in [3.63, 3.8) is 0 Å². The Balaban J connectivity index is 1.33. The van der Waals surface area contributed by atoms with E-state index in [2.05, 4.69) is 15.5 Å². The number of rotatable bonds is 10. The molecule has 2 N–H and O–H groups in total. The average Bonchev–Trinajstić information content (AvgIpc) is 3.36. The summed E-state index contributed by atoms with van der Waals surface area (Å²) in [5.41, 5.74) is 1.67. The quantitative estimate of drug-likeness (QED) is 0.533. The van der Waals surface area contributed by atoms with Gasteiger partial charge >= 0.3 is 0 Å². The molecule has 176 valence electrons. The van der Waals surface area contributed by atoms with Crippen LogP contribution in [-0.2, 0) is 20.9 Å². The Morgan fingerprint density at radius 1 is 1.00 bits per heavy atom. The summed E-state index contributed by atoms with van der Waals surface area (Å²) in [6, 6.07) is 7.49. The van der Waals surface area contributed by atoms with E-state index in [-0.39, 0.29) is 23.6 Å². The Hall–Kier alpha value is -2.45. The molecule has 8 heteroatoms. The molecule has 0 aliphatic carbocycles. The lowest BCUT2D eigenvalue weighted by atomic mass is 9.96. The van der Waals surface area contributed by atoms with Crippen LogP contribution < -0.4 is 10.6 Å². The zero-order valence-electron chi connectivity index (χ0n) is 19.1. The maximum atomic E-state index is 12.4. The summed E-state index contributed by atoms with van der Waals surface area (Å²) in [5.74, 6) is 0.199. The Labute approximate surface area is 190 Å². The van der Waals surface area contributed by atoms with Crippen LogP contribution in [0.4, 0.5) is 0 Å². The zero-order chi connectivity index (χ0) is 22.8. The van der Waals surface area contributed by atoms with Crippen LogP contribution >= 0.6 is 0 Å². The fourth-order valence-electron chi connectivity index (χ4n) is 4.25. The van der Waals surface area contributed by atoms with Gasteiger partial charge in [0.05, 0.1) is 6.54 Å². The Bertz CT molecular complexity index is 754. The summed E-state index contributed by atoms with van der Waals surface area (Å²) in [7, 11) is 1.65. The fourth-order valence-corrected chi connectivity index (χ4v) is 4.25. The molecule has 0 spiro atoms. The molecule has 3 amide bonds. The number of hydrogen-bond donors (Lipinski definition) is 2. The van der Waals surface area contributed by atoms with E-state index in [1.54, 1.807) is 7.11 Å². The highest BCUT2D eigenvalue weighted by Crippen LogP contribution is 2.17. The minimum Gasteiger partial charge on any atom is -0.385 e. The number of nitrogens with zero attached hydrogens (tertiary/aromatic N) is 2. The second-order valence-corrected chi connectivity index (χ2v) is 8.66. The van der Waals surface area contributed by atoms with Crippen molar-refractivity contribution >= 4 is 17.7 Å². The molecule has 0 bridgehead atoms. The van der Waals surface area contributed by atoms with E-state index in [1.807, 2.05) is 29.2 Å². The second kappa shape index (κ2) is 12.6. The molecule has 2 fully saturated rings. The van der Waals surface area contributed by atoms with Gasteiger partial charge in [0.1, 0.15) is 0 Å². The van der Waals surface area contributed by atoms with Crippen molar-refractivity contribution in [3.05, 3.63) is 35.4 Å². The highest BCUT2D eigenvalue weighted by molar-refractivity contribution is 5.94. The second-order valence-electron chi connectivity index (χ2n) is 8.66. The number of carbonyl (C=O) groups is 3. The van der Waals surface area contributed by atoms with Gasteiger partial charge in [-0.3, -0.25) is 19.3 Å². The molecule has 8 nitrogen and oxygen atoms in total. The average molecular weight is 445 g/mol. The van der Waals surface area contributed by atoms with Crippen LogP contribution in [0.1, 0.15) is 48.0 Å². The smallest absolute Gasteiger partial charge is 0.253 e. The van der Waals surface area contributed by atoms with Crippen molar-refractivity contribution in [1.29, 1.82) is 0 Å². The minimum atomic E-state index is -0.0234. The molecule has 1 aromatic carbocycles. The van der Waals surface area contributed by atoms with Gasteiger partial charge in [-0.1, -0.05) is 12.1 Å². The Kier molecular flexibility index (Phi) is 9.49. The topological polar surface area (TPSA) is 91.0 Å². The molecule has 1 aromatic rings. The molecule has 2 heterocycles. The number of nitrogens with one attached hydrogen (secondary N) is 2. The van der Waals surface area contributed by atoms with Gasteiger partial charge in [0.25, 0.3) is 5.91 Å². The molecule has 3 rings (SSSR count). The van der Waals surface area contributed by atoms with Crippen LogP contribution in [0.2, 0.25) is 0 Å². The van der Waals surface area contributed by atoms with Gasteiger partial charge in [-0.05, 0) is 62.9 Å². The normalized spacial score (nSPS) is 17.3. The molecular formula is C24H36N4O4. The van der Waals surface area contributed by atoms with Gasteiger partial charge < -0.3 is 20.3 Å². The summed E-state index contributed by atoms with van der Waals surface area (Å²) in [5, 5.41) is 5.92. The largest absolute Gasteiger partial charge is 0.385 e. The summed E-state index contributed by atoms with van der Waals surface area (Å²) < 4.78 is 4.99. The lowest BCUT2D eigenvalue weighted by Gasteiger charge is -2.30. The van der Waals surface area contributed by atoms with Crippen LogP contribution in [0, 0.1) is 5.92 Å². The lowest BCUT2D eigenvalue weighted by Crippen LogP contribution is -2.44. The zero-order valence-corrected chi connectivity index (χ0v) is 19.1. The van der Waals surface area contributed by atoms with Crippen molar-refractivity contribution in [2.75, 3.05) is 53.0 Å². The van der Waals surface area contributed by atoms with Gasteiger partial charge in [-0.25, -0.2) is 0 Å². The molecular weight excluding hydrogens is 408 g/mol. The maximum absolute atomic E-state index is 12.4. The summed E-state index contributed by atoms with van der Waals surface area (Å²) in [6.45, 7) is 5.25. The van der Waals surface area contributed by atoms with E-state index in [9.17, 15) is 14.4 Å². The fraction of sp³-hybridized carbons (Fsp3) is 0.625. The molecule has 0 aromatic heterocycles. The molecule has 0 atom stereocenters. The summed E-state index contributed by atoms with van der Waals surface area (Å²) in [4.78, 5) is 41.0. The third-order valence-corrected chi connectivity index (χ3v) is 6.23. The van der Waals surface area contributed by atoms with E-state index in [4.69, 9.17) is 4.74 Å². The first kappa shape index (κ1) is 24.2. The highest BCUT2D eigenvalue weighted by Gasteiger charge is 2.25. The standard InChI is InChI=1S/C24H36N4O4/c1-32-16-4-11-25-23(30)20-9-14-27(15-10-20)18-22(29)26-17-19-5-7-21(8-6-19)24(31)28-12-2-3-13-28/h5-8,20H,2-4,9-18H2,1H3,(H,25,30)(H,26,29). The summed E-state index contributed by atoms with van der Waals surface area (Å²) >= 11 is 0. The van der Waals surface area contributed by atoms with Gasteiger partial charge in [-0.15, -0.1) is 0 Å². The summed E-state index contributed by atoms with van der Waals surface area (Å²) in [6.07, 6.45) is 4.52. The monoisotopic (exact) mass is 444 g/mol. The predicted octanol–water partition coefficient (Wildman–Crippen LogP) is 1.40. The number of ether oxygens (including phenoxy) is 1. The van der Waals surface area contributed by atoms with Crippen molar-refractivity contribution in [2.24, 2.45) is 5.92 Å². The third kappa shape index (κ3) is 7.31. The van der Waals surface area contributed by atoms with Crippen LogP contribution in [0.3, 0.4) is 0 Å². The van der Waals surface area contributed by atoms with E-state index >= 15 is 0 Å². The van der Waals surface area contributed by atoms with Gasteiger partial charge in [-0.2, -0.15) is 0 Å². The molecule has 0 saturated carbocycles. The van der Waals surface area contributed by atoms with E-state index in [1.165, 1.54) is 0 Å². The number of benzene rings is 1. The van der Waals surface area contributed by atoms with Crippen molar-refractivity contribution < 1.29 is 19.1 Å². The van der Waals surface area contributed by atoms with Gasteiger partial charge in [0.2, 0.25) is 11.8 Å². The number of carbonyl (C=O) groups excluding carboxylic acids is 3. The SMILES string of the molecule is COCCCNC(=O)C1CCN(CC(=O)NCc2ccc(C(=O)N3CCCC3)cc2)CC1. The number of likely N-dealkylation sites (tertiary alicyclic amines) is 2. The van der Waals surface area contributed by atoms with Gasteiger partial charge in [0.15, 0.2) is 0 Å². The molecule has 0 unspecified atom stereocenters. The van der Waals surface area contributed by atoms with Gasteiger partial charge in [0, 0.05) is 51.4 Å². The maximum Gasteiger partial charge on any atom is 0.253 e. The van der Waals surface area contributed by atoms with Crippen LogP contribution in [0.15, 0.2) is 24.3 Å². The third-order valence-electron chi connectivity index (χ3n) is 6.23. The van der Waals surface area contributed by atoms with E-state index < -0.39 is 0 Å². The number of methoxy groups -OCH3 is 1. The van der Waals surface area contributed by atoms with Crippen LogP contribution in [-0.4, -0.2) is 80.5 Å². The highest BCUT2D eigenvalue weighted by atomic mass is 16.5. The molecule has 0 radical (unpaired) electrons. The van der Waals surface area contributed by atoms with Crippen LogP contribution in [0.5, 0.6) is 0 Å². The Morgan fingerprint density at radius 3 is 2.34 bits per heavy atom. The first-order chi connectivity index (χ1) is 15.6. The lowest BCUT2D eigenvalue weighted by molar-refractivity contribution is -0.126. The van der Waals surface area contributed by atoms with Crippen LogP contribution in [0.25, 0.3) is 0 Å². The minimum absolute atomic E-state index is 0.0234. The molecule has 2 aliphatic heterocycles. The number of hydrogen-bond acceptors (Lipinski definition) is 5. The first-order valence-electron chi connectivity index (χ1n) is 11.7.